The SMILES string of the molecule is Nc1ccc(SC2CS(=O)(=O)CC2O)cc1. The third kappa shape index (κ3) is 2.69. The molecule has 1 fully saturated rings. The monoisotopic (exact) mass is 259 g/mol. The molecule has 1 aliphatic rings. The number of hydrogen-bond donors (Lipinski definition) is 2. The zero-order valence-corrected chi connectivity index (χ0v) is 10.2. The van der Waals surface area contributed by atoms with Crippen molar-refractivity contribution in [2.45, 2.75) is 16.2 Å². The van der Waals surface area contributed by atoms with Crippen LogP contribution in [0, 0.1) is 0 Å². The maximum absolute atomic E-state index is 11.3. The van der Waals surface area contributed by atoms with Crippen molar-refractivity contribution in [3.63, 3.8) is 0 Å². The van der Waals surface area contributed by atoms with Crippen LogP contribution in [0.4, 0.5) is 5.69 Å². The first-order valence-corrected chi connectivity index (χ1v) is 7.57. The number of nitrogen functional groups attached to an aromatic ring is 1. The van der Waals surface area contributed by atoms with Gasteiger partial charge in [-0.05, 0) is 24.3 Å². The Morgan fingerprint density at radius 2 is 1.88 bits per heavy atom. The predicted octanol–water partition coefficient (Wildman–Crippen LogP) is 0.519. The molecule has 0 saturated carbocycles. The molecule has 0 amide bonds. The summed E-state index contributed by atoms with van der Waals surface area (Å²) in [4.78, 5) is 0.926. The summed E-state index contributed by atoms with van der Waals surface area (Å²) < 4.78 is 22.6. The van der Waals surface area contributed by atoms with E-state index in [1.165, 1.54) is 11.8 Å². The molecule has 2 unspecified atom stereocenters. The molecule has 3 N–H and O–H groups in total. The van der Waals surface area contributed by atoms with Crippen LogP contribution in [0.15, 0.2) is 29.2 Å². The summed E-state index contributed by atoms with van der Waals surface area (Å²) in [6, 6.07) is 7.19. The fraction of sp³-hybridized carbons (Fsp3) is 0.400. The van der Waals surface area contributed by atoms with Gasteiger partial charge in [-0.15, -0.1) is 11.8 Å². The van der Waals surface area contributed by atoms with Crippen molar-refractivity contribution in [3.8, 4) is 0 Å². The van der Waals surface area contributed by atoms with E-state index in [0.29, 0.717) is 5.69 Å². The topological polar surface area (TPSA) is 80.4 Å². The second-order valence-electron chi connectivity index (χ2n) is 3.87. The third-order valence-electron chi connectivity index (χ3n) is 2.44. The Hall–Kier alpha value is -0.720. The maximum atomic E-state index is 11.3. The molecule has 88 valence electrons. The highest BCUT2D eigenvalue weighted by atomic mass is 32.2. The number of nitrogens with two attached hydrogens (primary N) is 1. The van der Waals surface area contributed by atoms with E-state index in [-0.39, 0.29) is 16.8 Å². The molecule has 1 aromatic carbocycles. The van der Waals surface area contributed by atoms with Gasteiger partial charge >= 0.3 is 0 Å². The van der Waals surface area contributed by atoms with Gasteiger partial charge in [0, 0.05) is 10.6 Å². The van der Waals surface area contributed by atoms with Gasteiger partial charge in [-0.3, -0.25) is 0 Å². The second kappa shape index (κ2) is 4.27. The third-order valence-corrected chi connectivity index (χ3v) is 5.69. The lowest BCUT2D eigenvalue weighted by atomic mass is 10.3. The fourth-order valence-corrected chi connectivity index (χ4v) is 5.15. The molecular weight excluding hydrogens is 246 g/mol. The smallest absolute Gasteiger partial charge is 0.154 e. The average molecular weight is 259 g/mol. The first-order valence-electron chi connectivity index (χ1n) is 4.87. The van der Waals surface area contributed by atoms with Crippen molar-refractivity contribution in [3.05, 3.63) is 24.3 Å². The lowest BCUT2D eigenvalue weighted by Gasteiger charge is -2.11. The Morgan fingerprint density at radius 3 is 2.38 bits per heavy atom. The minimum atomic E-state index is -3.07. The van der Waals surface area contributed by atoms with E-state index >= 15 is 0 Å². The zero-order valence-electron chi connectivity index (χ0n) is 8.54. The predicted molar refractivity (Wildman–Crippen MR) is 65.2 cm³/mol. The number of hydrogen-bond acceptors (Lipinski definition) is 5. The highest BCUT2D eigenvalue weighted by molar-refractivity contribution is 8.02. The highest BCUT2D eigenvalue weighted by Gasteiger charge is 2.36. The molecule has 16 heavy (non-hydrogen) atoms. The maximum Gasteiger partial charge on any atom is 0.154 e. The molecule has 1 saturated heterocycles. The normalized spacial score (nSPS) is 28.1. The Balaban J connectivity index is 2.08. The minimum Gasteiger partial charge on any atom is -0.399 e. The van der Waals surface area contributed by atoms with E-state index < -0.39 is 15.9 Å². The van der Waals surface area contributed by atoms with Crippen LogP contribution >= 0.6 is 11.8 Å². The van der Waals surface area contributed by atoms with Crippen LogP contribution in [0.25, 0.3) is 0 Å². The number of rotatable bonds is 2. The summed E-state index contributed by atoms with van der Waals surface area (Å²) in [6.45, 7) is 0. The standard InChI is InChI=1S/C10H13NO3S2/c11-7-1-3-8(4-2-7)15-10-6-16(13,14)5-9(10)12/h1-4,9-10,12H,5-6,11H2. The van der Waals surface area contributed by atoms with Crippen molar-refractivity contribution in [2.24, 2.45) is 0 Å². The van der Waals surface area contributed by atoms with Gasteiger partial charge in [0.25, 0.3) is 0 Å². The molecule has 2 rings (SSSR count). The second-order valence-corrected chi connectivity index (χ2v) is 7.34. The van der Waals surface area contributed by atoms with Crippen LogP contribution in [-0.4, -0.2) is 36.4 Å². The van der Waals surface area contributed by atoms with Gasteiger partial charge in [-0.1, -0.05) is 0 Å². The molecule has 0 spiro atoms. The Morgan fingerprint density at radius 1 is 1.25 bits per heavy atom. The van der Waals surface area contributed by atoms with Gasteiger partial charge in [-0.25, -0.2) is 8.42 Å². The summed E-state index contributed by atoms with van der Waals surface area (Å²) in [7, 11) is -3.07. The number of aliphatic hydroxyl groups excluding tert-OH is 1. The fourth-order valence-electron chi connectivity index (χ4n) is 1.63. The van der Waals surface area contributed by atoms with E-state index in [1.807, 2.05) is 12.1 Å². The van der Waals surface area contributed by atoms with E-state index in [1.54, 1.807) is 12.1 Å². The van der Waals surface area contributed by atoms with Crippen molar-refractivity contribution < 1.29 is 13.5 Å². The molecular formula is C10H13NO3S2. The lowest BCUT2D eigenvalue weighted by molar-refractivity contribution is 0.207. The Bertz CT molecular complexity index is 469. The lowest BCUT2D eigenvalue weighted by Crippen LogP contribution is -2.19. The van der Waals surface area contributed by atoms with Crippen molar-refractivity contribution in [2.75, 3.05) is 17.2 Å². The first-order chi connectivity index (χ1) is 7.46. The van der Waals surface area contributed by atoms with Crippen LogP contribution in [0.5, 0.6) is 0 Å². The van der Waals surface area contributed by atoms with Gasteiger partial charge in [0.15, 0.2) is 9.84 Å². The molecule has 4 nitrogen and oxygen atoms in total. The minimum absolute atomic E-state index is 0.0449. The Labute approximate surface area is 98.8 Å². The quantitative estimate of drug-likeness (QED) is 0.757. The number of anilines is 1. The van der Waals surface area contributed by atoms with Crippen LogP contribution in [0.1, 0.15) is 0 Å². The molecule has 1 heterocycles. The molecule has 0 radical (unpaired) electrons. The van der Waals surface area contributed by atoms with Crippen molar-refractivity contribution in [1.82, 2.24) is 0 Å². The van der Waals surface area contributed by atoms with Gasteiger partial charge in [0.05, 0.1) is 22.9 Å². The van der Waals surface area contributed by atoms with E-state index in [4.69, 9.17) is 5.73 Å². The van der Waals surface area contributed by atoms with Gasteiger partial charge in [0.1, 0.15) is 0 Å². The first kappa shape index (κ1) is 11.8. The van der Waals surface area contributed by atoms with E-state index in [9.17, 15) is 13.5 Å². The zero-order chi connectivity index (χ0) is 11.8. The molecule has 1 aromatic rings. The summed E-state index contributed by atoms with van der Waals surface area (Å²) in [5.74, 6) is -0.0805. The number of benzene rings is 1. The average Bonchev–Trinajstić information content (AvgIpc) is 2.44. The van der Waals surface area contributed by atoms with Gasteiger partial charge < -0.3 is 10.8 Å². The summed E-state index contributed by atoms with van der Waals surface area (Å²) in [5.41, 5.74) is 6.22. The van der Waals surface area contributed by atoms with E-state index in [0.717, 1.165) is 4.90 Å². The molecule has 0 aliphatic carbocycles. The number of sulfone groups is 1. The van der Waals surface area contributed by atoms with Gasteiger partial charge in [0.2, 0.25) is 0 Å². The van der Waals surface area contributed by atoms with Crippen LogP contribution in [-0.2, 0) is 9.84 Å². The molecule has 6 heteroatoms. The molecule has 1 aliphatic heterocycles. The van der Waals surface area contributed by atoms with Crippen LogP contribution in [0.3, 0.4) is 0 Å². The summed E-state index contributed by atoms with van der Waals surface area (Å²) in [5, 5.41) is 9.35. The van der Waals surface area contributed by atoms with E-state index in [2.05, 4.69) is 0 Å². The van der Waals surface area contributed by atoms with Gasteiger partial charge in [-0.2, -0.15) is 0 Å². The summed E-state index contributed by atoms with van der Waals surface area (Å²) in [6.07, 6.45) is -0.771. The molecule has 2 atom stereocenters. The molecule has 0 aromatic heterocycles. The largest absolute Gasteiger partial charge is 0.399 e. The number of thioether (sulfide) groups is 1. The Kier molecular flexibility index (Phi) is 3.14. The van der Waals surface area contributed by atoms with Crippen molar-refractivity contribution in [1.29, 1.82) is 0 Å². The number of aliphatic hydroxyl groups is 1. The van der Waals surface area contributed by atoms with Crippen LogP contribution < -0.4 is 5.73 Å². The molecule has 0 bridgehead atoms. The van der Waals surface area contributed by atoms with Crippen LogP contribution in [0.2, 0.25) is 0 Å². The highest BCUT2D eigenvalue weighted by Crippen LogP contribution is 2.31. The summed E-state index contributed by atoms with van der Waals surface area (Å²) >= 11 is 1.39. The van der Waals surface area contributed by atoms with Crippen molar-refractivity contribution >= 4 is 27.3 Å².